The molecular formula is C15H24N2O6S3. The molecule has 0 saturated carbocycles. The minimum Gasteiger partial charge on any atom is -0.229 e. The van der Waals surface area contributed by atoms with Gasteiger partial charge in [-0.15, -0.1) is 0 Å². The molecule has 0 aliphatic carbocycles. The van der Waals surface area contributed by atoms with Gasteiger partial charge in [-0.05, 0) is 25.0 Å². The smallest absolute Gasteiger partial charge is 0.229 e. The van der Waals surface area contributed by atoms with Crippen LogP contribution in [0.3, 0.4) is 0 Å². The van der Waals surface area contributed by atoms with Gasteiger partial charge in [-0.2, -0.15) is 4.31 Å². The molecule has 1 aromatic carbocycles. The van der Waals surface area contributed by atoms with E-state index in [-0.39, 0.29) is 35.9 Å². The van der Waals surface area contributed by atoms with Crippen LogP contribution in [0.4, 0.5) is 0 Å². The number of hydrogen-bond acceptors (Lipinski definition) is 6. The number of nitrogens with one attached hydrogen (secondary N) is 1. The lowest BCUT2D eigenvalue weighted by Gasteiger charge is -2.27. The Hall–Kier alpha value is -1.01. The fourth-order valence-corrected chi connectivity index (χ4v) is 7.57. The van der Waals surface area contributed by atoms with Crippen LogP contribution < -0.4 is 4.72 Å². The Morgan fingerprint density at radius 3 is 2.35 bits per heavy atom. The standard InChI is InChI=1S/C15H24N2O6S3/c1-2-10-17(14-8-11-24(18,19)13-14)25(20,21)12-9-16-26(22,23)15-6-4-3-5-7-15/h3-7,14,16H,2,8-13H2,1H3. The van der Waals surface area contributed by atoms with E-state index >= 15 is 0 Å². The Balaban J connectivity index is 2.04. The molecule has 1 fully saturated rings. The number of benzene rings is 1. The maximum atomic E-state index is 12.6. The Bertz CT molecular complexity index is 911. The summed E-state index contributed by atoms with van der Waals surface area (Å²) in [5.41, 5.74) is 0. The van der Waals surface area contributed by atoms with Crippen LogP contribution in [0, 0.1) is 0 Å². The minimum atomic E-state index is -3.79. The number of hydrogen-bond donors (Lipinski definition) is 1. The first-order valence-corrected chi connectivity index (χ1v) is 13.2. The zero-order valence-corrected chi connectivity index (χ0v) is 17.0. The summed E-state index contributed by atoms with van der Waals surface area (Å²) in [6.45, 7) is 1.75. The molecule has 1 saturated heterocycles. The predicted molar refractivity (Wildman–Crippen MR) is 99.5 cm³/mol. The fourth-order valence-electron chi connectivity index (χ4n) is 2.88. The summed E-state index contributed by atoms with van der Waals surface area (Å²) >= 11 is 0. The van der Waals surface area contributed by atoms with Crippen molar-refractivity contribution in [2.24, 2.45) is 0 Å². The van der Waals surface area contributed by atoms with Gasteiger partial charge in [0.1, 0.15) is 0 Å². The summed E-state index contributed by atoms with van der Waals surface area (Å²) in [7, 11) is -10.8. The molecule has 0 spiro atoms. The highest BCUT2D eigenvalue weighted by molar-refractivity contribution is 7.92. The normalized spacial score (nSPS) is 20.5. The van der Waals surface area contributed by atoms with Crippen molar-refractivity contribution in [1.82, 2.24) is 9.03 Å². The highest BCUT2D eigenvalue weighted by atomic mass is 32.2. The van der Waals surface area contributed by atoms with Crippen molar-refractivity contribution in [3.63, 3.8) is 0 Å². The van der Waals surface area contributed by atoms with Gasteiger partial charge in [0.15, 0.2) is 9.84 Å². The van der Waals surface area contributed by atoms with Gasteiger partial charge >= 0.3 is 0 Å². The lowest BCUT2D eigenvalue weighted by atomic mass is 10.2. The molecule has 0 radical (unpaired) electrons. The van der Waals surface area contributed by atoms with E-state index in [1.54, 1.807) is 18.2 Å². The maximum Gasteiger partial charge on any atom is 0.240 e. The molecule has 1 unspecified atom stereocenters. The molecular weight excluding hydrogens is 400 g/mol. The molecule has 8 nitrogen and oxygen atoms in total. The van der Waals surface area contributed by atoms with Gasteiger partial charge in [0.05, 0.1) is 22.2 Å². The quantitative estimate of drug-likeness (QED) is 0.605. The van der Waals surface area contributed by atoms with Crippen LogP contribution >= 0.6 is 0 Å². The molecule has 1 heterocycles. The zero-order chi connectivity index (χ0) is 19.4. The first kappa shape index (κ1) is 21.3. The van der Waals surface area contributed by atoms with Gasteiger partial charge in [0, 0.05) is 19.1 Å². The van der Waals surface area contributed by atoms with Crippen molar-refractivity contribution < 1.29 is 25.3 Å². The van der Waals surface area contributed by atoms with E-state index in [9.17, 15) is 25.3 Å². The zero-order valence-electron chi connectivity index (χ0n) is 14.5. The van der Waals surface area contributed by atoms with Crippen LogP contribution in [0.1, 0.15) is 19.8 Å². The highest BCUT2D eigenvalue weighted by Gasteiger charge is 2.37. The first-order chi connectivity index (χ1) is 12.1. The fraction of sp³-hybridized carbons (Fsp3) is 0.600. The third kappa shape index (κ3) is 5.49. The summed E-state index contributed by atoms with van der Waals surface area (Å²) in [6.07, 6.45) is 0.822. The topological polar surface area (TPSA) is 118 Å². The van der Waals surface area contributed by atoms with Gasteiger partial charge in [-0.3, -0.25) is 0 Å². The largest absolute Gasteiger partial charge is 0.240 e. The SMILES string of the molecule is CCCN(C1CCS(=O)(=O)C1)S(=O)(=O)CCNS(=O)(=O)c1ccccc1. The highest BCUT2D eigenvalue weighted by Crippen LogP contribution is 2.21. The van der Waals surface area contributed by atoms with E-state index in [2.05, 4.69) is 4.72 Å². The molecule has 148 valence electrons. The Morgan fingerprint density at radius 2 is 1.81 bits per heavy atom. The minimum absolute atomic E-state index is 0.0198. The monoisotopic (exact) mass is 424 g/mol. The second kappa shape index (κ2) is 8.34. The second-order valence-electron chi connectivity index (χ2n) is 6.19. The molecule has 1 N–H and O–H groups in total. The molecule has 0 aromatic heterocycles. The van der Waals surface area contributed by atoms with Gasteiger partial charge < -0.3 is 0 Å². The Labute approximate surface area is 155 Å². The molecule has 1 aliphatic rings. The van der Waals surface area contributed by atoms with Crippen molar-refractivity contribution in [2.75, 3.05) is 30.3 Å². The molecule has 26 heavy (non-hydrogen) atoms. The molecule has 0 bridgehead atoms. The third-order valence-corrected chi connectivity index (χ3v) is 9.27. The first-order valence-electron chi connectivity index (χ1n) is 8.32. The van der Waals surface area contributed by atoms with Crippen molar-refractivity contribution in [3.05, 3.63) is 30.3 Å². The molecule has 1 aromatic rings. The average Bonchev–Trinajstić information content (AvgIpc) is 2.92. The average molecular weight is 425 g/mol. The third-order valence-electron chi connectivity index (χ3n) is 4.12. The van der Waals surface area contributed by atoms with Crippen LogP contribution in [0.25, 0.3) is 0 Å². The number of sulfone groups is 1. The van der Waals surface area contributed by atoms with Crippen molar-refractivity contribution in [2.45, 2.75) is 30.7 Å². The number of nitrogens with zero attached hydrogens (tertiary/aromatic N) is 1. The number of rotatable bonds is 9. The number of sulfonamides is 2. The summed E-state index contributed by atoms with van der Waals surface area (Å²) in [5.74, 6) is -0.619. The molecule has 11 heteroatoms. The van der Waals surface area contributed by atoms with E-state index in [1.807, 2.05) is 6.92 Å². The van der Waals surface area contributed by atoms with Crippen molar-refractivity contribution in [3.8, 4) is 0 Å². The van der Waals surface area contributed by atoms with Crippen LogP contribution in [0.15, 0.2) is 35.2 Å². The molecule has 1 atom stereocenters. The van der Waals surface area contributed by atoms with Gasteiger partial charge in [-0.25, -0.2) is 30.0 Å². The van der Waals surface area contributed by atoms with E-state index < -0.39 is 41.7 Å². The van der Waals surface area contributed by atoms with E-state index in [1.165, 1.54) is 16.4 Å². The summed E-state index contributed by atoms with van der Waals surface area (Å²) in [5, 5.41) is 0. The van der Waals surface area contributed by atoms with E-state index in [4.69, 9.17) is 0 Å². The summed E-state index contributed by atoms with van der Waals surface area (Å²) in [4.78, 5) is 0.0599. The van der Waals surface area contributed by atoms with E-state index in [0.717, 1.165) is 0 Å². The second-order valence-corrected chi connectivity index (χ2v) is 12.2. The molecule has 2 rings (SSSR count). The van der Waals surface area contributed by atoms with Crippen LogP contribution in [0.5, 0.6) is 0 Å². The van der Waals surface area contributed by atoms with Crippen molar-refractivity contribution >= 4 is 29.9 Å². The lowest BCUT2D eigenvalue weighted by Crippen LogP contribution is -2.44. The summed E-state index contributed by atoms with van der Waals surface area (Å²) in [6, 6.07) is 7.11. The van der Waals surface area contributed by atoms with Crippen LogP contribution in [-0.2, 0) is 29.9 Å². The van der Waals surface area contributed by atoms with Gasteiger partial charge in [-0.1, -0.05) is 25.1 Å². The predicted octanol–water partition coefficient (Wildman–Crippen LogP) is 0.194. The van der Waals surface area contributed by atoms with Gasteiger partial charge in [0.2, 0.25) is 20.0 Å². The van der Waals surface area contributed by atoms with Gasteiger partial charge in [0.25, 0.3) is 0 Å². The van der Waals surface area contributed by atoms with Crippen LogP contribution in [0.2, 0.25) is 0 Å². The molecule has 1 aliphatic heterocycles. The summed E-state index contributed by atoms with van der Waals surface area (Å²) < 4.78 is 76.4. The Morgan fingerprint density at radius 1 is 1.15 bits per heavy atom. The Kier molecular flexibility index (Phi) is 6.83. The van der Waals surface area contributed by atoms with E-state index in [0.29, 0.717) is 6.42 Å². The van der Waals surface area contributed by atoms with Crippen LogP contribution in [-0.4, -0.2) is 65.9 Å². The maximum absolute atomic E-state index is 12.6. The van der Waals surface area contributed by atoms with Crippen molar-refractivity contribution in [1.29, 1.82) is 0 Å². The lowest BCUT2D eigenvalue weighted by molar-refractivity contribution is 0.340. The molecule has 0 amide bonds.